The van der Waals surface area contributed by atoms with E-state index >= 15 is 0 Å². The summed E-state index contributed by atoms with van der Waals surface area (Å²) in [7, 11) is 0. The van der Waals surface area contributed by atoms with Gasteiger partial charge in [0.1, 0.15) is 5.75 Å². The maximum Gasteiger partial charge on any atom is 0.123 e. The maximum atomic E-state index is 5.81. The summed E-state index contributed by atoms with van der Waals surface area (Å²) >= 11 is 0. The molecule has 3 rings (SSSR count). The van der Waals surface area contributed by atoms with Crippen LogP contribution in [-0.4, -0.2) is 6.61 Å². The predicted molar refractivity (Wildman–Crippen MR) is 66.2 cm³/mol. The van der Waals surface area contributed by atoms with Crippen molar-refractivity contribution in [2.75, 3.05) is 6.61 Å². The molecule has 2 fully saturated rings. The van der Waals surface area contributed by atoms with E-state index in [1.54, 1.807) is 11.1 Å². The molecule has 0 aliphatic heterocycles. The molecule has 0 N–H and O–H groups in total. The fourth-order valence-electron chi connectivity index (χ4n) is 2.73. The molecule has 0 atom stereocenters. The first-order valence-corrected chi connectivity index (χ1v) is 6.65. The lowest BCUT2D eigenvalue weighted by molar-refractivity contribution is 0.322. The molecule has 0 aromatic heterocycles. The zero-order valence-electron chi connectivity index (χ0n) is 10.0. The Morgan fingerprint density at radius 3 is 2.50 bits per heavy atom. The van der Waals surface area contributed by atoms with Crippen molar-refractivity contribution in [3.05, 3.63) is 29.3 Å². The number of benzene rings is 1. The van der Waals surface area contributed by atoms with E-state index in [0.29, 0.717) is 0 Å². The Kier molecular flexibility index (Phi) is 2.62. The van der Waals surface area contributed by atoms with Crippen molar-refractivity contribution in [1.82, 2.24) is 0 Å². The molecule has 0 unspecified atom stereocenters. The fraction of sp³-hybridized carbons (Fsp3) is 0.600. The molecule has 16 heavy (non-hydrogen) atoms. The van der Waals surface area contributed by atoms with Crippen LogP contribution in [0.3, 0.4) is 0 Å². The van der Waals surface area contributed by atoms with E-state index in [1.807, 2.05) is 0 Å². The highest BCUT2D eigenvalue weighted by molar-refractivity contribution is 5.46. The molecule has 2 aliphatic carbocycles. The summed E-state index contributed by atoms with van der Waals surface area (Å²) in [6, 6.07) is 6.65. The molecule has 2 aliphatic rings. The van der Waals surface area contributed by atoms with Gasteiger partial charge in [0.15, 0.2) is 0 Å². The molecule has 2 saturated carbocycles. The average molecular weight is 216 g/mol. The Balaban J connectivity index is 1.98. The van der Waals surface area contributed by atoms with E-state index in [2.05, 4.69) is 25.1 Å². The van der Waals surface area contributed by atoms with Crippen molar-refractivity contribution in [2.45, 2.75) is 50.9 Å². The minimum absolute atomic E-state index is 0.786. The Labute approximate surface area is 97.8 Å². The minimum atomic E-state index is 0.786. The molecule has 0 heterocycles. The van der Waals surface area contributed by atoms with Gasteiger partial charge in [0.2, 0.25) is 0 Å². The molecule has 0 radical (unpaired) electrons. The van der Waals surface area contributed by atoms with Gasteiger partial charge >= 0.3 is 0 Å². The Bertz CT molecular complexity index is 375. The Morgan fingerprint density at radius 2 is 1.94 bits per heavy atom. The van der Waals surface area contributed by atoms with Crippen molar-refractivity contribution in [2.24, 2.45) is 0 Å². The number of hydrogen-bond acceptors (Lipinski definition) is 1. The summed E-state index contributed by atoms with van der Waals surface area (Å²) in [5.41, 5.74) is 3.15. The van der Waals surface area contributed by atoms with Crippen LogP contribution in [0.25, 0.3) is 0 Å². The van der Waals surface area contributed by atoms with Crippen LogP contribution in [0.2, 0.25) is 0 Å². The predicted octanol–water partition coefficient (Wildman–Crippen LogP) is 4.23. The van der Waals surface area contributed by atoms with E-state index in [-0.39, 0.29) is 0 Å². The van der Waals surface area contributed by atoms with Crippen LogP contribution in [0.5, 0.6) is 5.75 Å². The highest BCUT2D eigenvalue weighted by Crippen LogP contribution is 2.50. The van der Waals surface area contributed by atoms with Gasteiger partial charge in [0, 0.05) is 5.56 Å². The van der Waals surface area contributed by atoms with Crippen LogP contribution in [0.1, 0.15) is 62.0 Å². The lowest BCUT2D eigenvalue weighted by atomic mass is 9.77. The standard InChI is InChI=1S/C15H20O/c1-2-16-14-8-4-7-13(11-9-10-11)15(14)12-5-3-6-12/h4,7-8,11-12H,2-3,5-6,9-10H2,1H3. The first-order valence-electron chi connectivity index (χ1n) is 6.65. The highest BCUT2D eigenvalue weighted by Gasteiger charge is 2.32. The quantitative estimate of drug-likeness (QED) is 0.731. The maximum absolute atomic E-state index is 5.81. The molecule has 0 spiro atoms. The van der Waals surface area contributed by atoms with Gasteiger partial charge in [-0.05, 0) is 56.1 Å². The molecule has 0 amide bonds. The number of rotatable bonds is 4. The highest BCUT2D eigenvalue weighted by atomic mass is 16.5. The van der Waals surface area contributed by atoms with Gasteiger partial charge < -0.3 is 4.74 Å². The van der Waals surface area contributed by atoms with Crippen molar-refractivity contribution >= 4 is 0 Å². The Morgan fingerprint density at radius 1 is 1.12 bits per heavy atom. The van der Waals surface area contributed by atoms with E-state index < -0.39 is 0 Å². The molecule has 0 bridgehead atoms. The van der Waals surface area contributed by atoms with Crippen molar-refractivity contribution in [3.63, 3.8) is 0 Å². The van der Waals surface area contributed by atoms with E-state index in [1.165, 1.54) is 32.1 Å². The molecule has 1 aromatic carbocycles. The van der Waals surface area contributed by atoms with Gasteiger partial charge in [0.05, 0.1) is 6.61 Å². The van der Waals surface area contributed by atoms with Gasteiger partial charge in [-0.2, -0.15) is 0 Å². The van der Waals surface area contributed by atoms with Crippen molar-refractivity contribution in [1.29, 1.82) is 0 Å². The van der Waals surface area contributed by atoms with Crippen molar-refractivity contribution in [3.8, 4) is 5.75 Å². The van der Waals surface area contributed by atoms with E-state index in [4.69, 9.17) is 4.74 Å². The van der Waals surface area contributed by atoms with E-state index in [9.17, 15) is 0 Å². The second-order valence-electron chi connectivity index (χ2n) is 5.09. The third kappa shape index (κ3) is 1.73. The van der Waals surface area contributed by atoms with Gasteiger partial charge in [-0.1, -0.05) is 18.6 Å². The van der Waals surface area contributed by atoms with Crippen LogP contribution in [-0.2, 0) is 0 Å². The first kappa shape index (κ1) is 10.2. The molecule has 86 valence electrons. The summed E-state index contributed by atoms with van der Waals surface area (Å²) in [6.07, 6.45) is 6.90. The monoisotopic (exact) mass is 216 g/mol. The smallest absolute Gasteiger partial charge is 0.123 e. The zero-order chi connectivity index (χ0) is 11.0. The molecular weight excluding hydrogens is 196 g/mol. The topological polar surface area (TPSA) is 9.23 Å². The third-order valence-corrected chi connectivity index (χ3v) is 3.93. The third-order valence-electron chi connectivity index (χ3n) is 3.93. The second kappa shape index (κ2) is 4.12. The summed E-state index contributed by atoms with van der Waals surface area (Å²) < 4.78 is 5.81. The van der Waals surface area contributed by atoms with Crippen molar-refractivity contribution < 1.29 is 4.74 Å². The van der Waals surface area contributed by atoms with Crippen LogP contribution in [0.15, 0.2) is 18.2 Å². The average Bonchev–Trinajstić information content (AvgIpc) is 3.01. The largest absolute Gasteiger partial charge is 0.494 e. The lowest BCUT2D eigenvalue weighted by Crippen LogP contribution is -2.13. The van der Waals surface area contributed by atoms with Crippen LogP contribution >= 0.6 is 0 Å². The number of hydrogen-bond donors (Lipinski definition) is 0. The van der Waals surface area contributed by atoms with Crippen LogP contribution in [0, 0.1) is 0 Å². The Hall–Kier alpha value is -0.980. The zero-order valence-corrected chi connectivity index (χ0v) is 10.0. The fourth-order valence-corrected chi connectivity index (χ4v) is 2.73. The first-order chi connectivity index (χ1) is 7.90. The summed E-state index contributed by atoms with van der Waals surface area (Å²) in [5.74, 6) is 2.80. The summed E-state index contributed by atoms with van der Waals surface area (Å²) in [4.78, 5) is 0. The van der Waals surface area contributed by atoms with Crippen LogP contribution < -0.4 is 4.74 Å². The van der Waals surface area contributed by atoms with Gasteiger partial charge in [-0.3, -0.25) is 0 Å². The van der Waals surface area contributed by atoms with Gasteiger partial charge in [0.25, 0.3) is 0 Å². The minimum Gasteiger partial charge on any atom is -0.494 e. The molecular formula is C15H20O. The molecule has 0 saturated heterocycles. The van der Waals surface area contributed by atoms with Crippen LogP contribution in [0.4, 0.5) is 0 Å². The lowest BCUT2D eigenvalue weighted by Gasteiger charge is -2.30. The number of ether oxygens (including phenoxy) is 1. The summed E-state index contributed by atoms with van der Waals surface area (Å²) in [6.45, 7) is 2.86. The second-order valence-corrected chi connectivity index (χ2v) is 5.09. The van der Waals surface area contributed by atoms with Gasteiger partial charge in [-0.15, -0.1) is 0 Å². The van der Waals surface area contributed by atoms with Gasteiger partial charge in [-0.25, -0.2) is 0 Å². The molecule has 1 heteroatoms. The molecule has 1 aromatic rings. The van der Waals surface area contributed by atoms with E-state index in [0.717, 1.165) is 24.2 Å². The molecule has 1 nitrogen and oxygen atoms in total. The normalized spacial score (nSPS) is 20.6. The SMILES string of the molecule is CCOc1cccc(C2CC2)c1C1CCC1. The summed E-state index contributed by atoms with van der Waals surface area (Å²) in [5, 5.41) is 0.